The number of fused-ring (bicyclic) bond motifs is 1. The standard InChI is InChI=1S/C25H23NO5/c1-3-12-26-22(17-10-11-20(31-2)19(27)14-17)21(24(29)25(26)30)23(28)18-9-8-15-6-4-5-7-16(15)13-18/h4-11,13-14,22,27-28H,3,12H2,1-2H3/b23-21-. The summed E-state index contributed by atoms with van der Waals surface area (Å²) in [6.45, 7) is 2.25. The van der Waals surface area contributed by atoms with Crippen molar-refractivity contribution in [2.45, 2.75) is 19.4 Å². The second kappa shape index (κ2) is 8.14. The third kappa shape index (κ3) is 3.50. The number of hydrogen-bond donors (Lipinski definition) is 2. The van der Waals surface area contributed by atoms with Crippen molar-refractivity contribution in [1.29, 1.82) is 0 Å². The summed E-state index contributed by atoms with van der Waals surface area (Å²) in [5.41, 5.74) is 0.988. The maximum absolute atomic E-state index is 13.0. The molecule has 1 unspecified atom stereocenters. The number of nitrogens with zero attached hydrogens (tertiary/aromatic N) is 1. The first kappa shape index (κ1) is 20.5. The Kier molecular flexibility index (Phi) is 5.38. The van der Waals surface area contributed by atoms with E-state index >= 15 is 0 Å². The minimum atomic E-state index is -0.803. The number of aliphatic hydroxyl groups is 1. The number of benzene rings is 3. The molecule has 1 heterocycles. The van der Waals surface area contributed by atoms with Gasteiger partial charge < -0.3 is 19.8 Å². The maximum atomic E-state index is 13.0. The van der Waals surface area contributed by atoms with Gasteiger partial charge in [0.2, 0.25) is 0 Å². The average Bonchev–Trinajstić information content (AvgIpc) is 3.03. The minimum absolute atomic E-state index is 0.0123. The van der Waals surface area contributed by atoms with Crippen molar-refractivity contribution in [1.82, 2.24) is 4.90 Å². The van der Waals surface area contributed by atoms with Crippen LogP contribution in [0.1, 0.15) is 30.5 Å². The number of amides is 1. The number of aromatic hydroxyl groups is 1. The highest BCUT2D eigenvalue weighted by atomic mass is 16.5. The van der Waals surface area contributed by atoms with Gasteiger partial charge in [-0.25, -0.2) is 0 Å². The zero-order chi connectivity index (χ0) is 22.1. The lowest BCUT2D eigenvalue weighted by atomic mass is 9.94. The third-order valence-electron chi connectivity index (χ3n) is 5.55. The molecule has 1 saturated heterocycles. The van der Waals surface area contributed by atoms with E-state index in [1.807, 2.05) is 37.3 Å². The van der Waals surface area contributed by atoms with Crippen LogP contribution in [0.15, 0.2) is 66.2 Å². The number of aliphatic hydroxyl groups excluding tert-OH is 1. The average molecular weight is 417 g/mol. The molecule has 3 aromatic carbocycles. The predicted octanol–water partition coefficient (Wildman–Crippen LogP) is 4.39. The topological polar surface area (TPSA) is 87.1 Å². The number of hydrogen-bond acceptors (Lipinski definition) is 5. The van der Waals surface area contributed by atoms with Crippen LogP contribution in [0.2, 0.25) is 0 Å². The van der Waals surface area contributed by atoms with E-state index in [9.17, 15) is 19.8 Å². The number of ketones is 1. The second-order valence-electron chi connectivity index (χ2n) is 7.49. The second-order valence-corrected chi connectivity index (χ2v) is 7.49. The molecule has 0 aliphatic carbocycles. The van der Waals surface area contributed by atoms with Gasteiger partial charge in [-0.15, -0.1) is 0 Å². The Labute approximate surface area is 180 Å². The molecule has 158 valence electrons. The summed E-state index contributed by atoms with van der Waals surface area (Å²) in [6.07, 6.45) is 0.641. The Morgan fingerprint density at radius 1 is 1.03 bits per heavy atom. The summed E-state index contributed by atoms with van der Waals surface area (Å²) < 4.78 is 5.10. The fourth-order valence-corrected chi connectivity index (χ4v) is 4.07. The maximum Gasteiger partial charge on any atom is 0.295 e. The van der Waals surface area contributed by atoms with Crippen LogP contribution >= 0.6 is 0 Å². The molecule has 0 saturated carbocycles. The van der Waals surface area contributed by atoms with Crippen LogP contribution in [0.3, 0.4) is 0 Å². The van der Waals surface area contributed by atoms with Crippen molar-refractivity contribution < 1.29 is 24.5 Å². The summed E-state index contributed by atoms with van der Waals surface area (Å²) in [4.78, 5) is 27.2. The van der Waals surface area contributed by atoms with Crippen molar-refractivity contribution in [2.75, 3.05) is 13.7 Å². The van der Waals surface area contributed by atoms with Gasteiger partial charge in [0.15, 0.2) is 11.5 Å². The molecule has 1 fully saturated rings. The van der Waals surface area contributed by atoms with E-state index in [1.54, 1.807) is 24.3 Å². The number of Topliss-reactive ketones (excluding diaryl/α,β-unsaturated/α-hetero) is 1. The summed E-state index contributed by atoms with van der Waals surface area (Å²) in [7, 11) is 1.44. The van der Waals surface area contributed by atoms with E-state index in [2.05, 4.69) is 0 Å². The molecular formula is C25H23NO5. The number of phenolic OH excluding ortho intramolecular Hbond substituents is 1. The van der Waals surface area contributed by atoms with Gasteiger partial charge in [-0.3, -0.25) is 9.59 Å². The van der Waals surface area contributed by atoms with Crippen LogP contribution < -0.4 is 4.74 Å². The third-order valence-corrected chi connectivity index (χ3v) is 5.55. The van der Waals surface area contributed by atoms with E-state index in [-0.39, 0.29) is 22.8 Å². The van der Waals surface area contributed by atoms with Crippen molar-refractivity contribution in [3.63, 3.8) is 0 Å². The van der Waals surface area contributed by atoms with Crippen LogP contribution in [0.25, 0.3) is 16.5 Å². The number of likely N-dealkylation sites (tertiary alicyclic amines) is 1. The summed E-state index contributed by atoms with van der Waals surface area (Å²) in [5.74, 6) is -1.45. The van der Waals surface area contributed by atoms with E-state index in [0.29, 0.717) is 24.1 Å². The first-order chi connectivity index (χ1) is 15.0. The van der Waals surface area contributed by atoms with Gasteiger partial charge in [-0.1, -0.05) is 49.4 Å². The van der Waals surface area contributed by atoms with Gasteiger partial charge >= 0.3 is 0 Å². The van der Waals surface area contributed by atoms with E-state index in [1.165, 1.54) is 18.1 Å². The molecule has 2 N–H and O–H groups in total. The van der Waals surface area contributed by atoms with Crippen molar-refractivity contribution >= 4 is 28.2 Å². The van der Waals surface area contributed by atoms with Gasteiger partial charge in [0.1, 0.15) is 5.76 Å². The molecule has 6 nitrogen and oxygen atoms in total. The first-order valence-electron chi connectivity index (χ1n) is 10.1. The lowest BCUT2D eigenvalue weighted by molar-refractivity contribution is -0.139. The van der Waals surface area contributed by atoms with Crippen molar-refractivity contribution in [2.24, 2.45) is 0 Å². The molecule has 0 bridgehead atoms. The summed E-state index contributed by atoms with van der Waals surface area (Å²) in [6, 6.07) is 17.0. The Hall–Kier alpha value is -3.80. The zero-order valence-corrected chi connectivity index (χ0v) is 17.3. The minimum Gasteiger partial charge on any atom is -0.507 e. The quantitative estimate of drug-likeness (QED) is 0.365. The molecule has 1 amide bonds. The van der Waals surface area contributed by atoms with Crippen LogP contribution in [0, 0.1) is 0 Å². The van der Waals surface area contributed by atoms with Crippen LogP contribution in [-0.4, -0.2) is 40.5 Å². The number of carbonyl (C=O) groups excluding carboxylic acids is 2. The van der Waals surface area contributed by atoms with Gasteiger partial charge in [-0.2, -0.15) is 0 Å². The Bertz CT molecular complexity index is 1210. The number of methoxy groups -OCH3 is 1. The van der Waals surface area contributed by atoms with Crippen molar-refractivity contribution in [3.05, 3.63) is 77.4 Å². The highest BCUT2D eigenvalue weighted by Gasteiger charge is 2.45. The monoisotopic (exact) mass is 417 g/mol. The number of carbonyl (C=O) groups is 2. The van der Waals surface area contributed by atoms with Gasteiger partial charge in [0.25, 0.3) is 11.7 Å². The largest absolute Gasteiger partial charge is 0.507 e. The fraction of sp³-hybridized carbons (Fsp3) is 0.200. The number of rotatable bonds is 5. The summed E-state index contributed by atoms with van der Waals surface area (Å²) >= 11 is 0. The Balaban J connectivity index is 1.90. The molecule has 1 atom stereocenters. The summed E-state index contributed by atoms with van der Waals surface area (Å²) in [5, 5.41) is 23.3. The van der Waals surface area contributed by atoms with Gasteiger partial charge in [0.05, 0.1) is 18.7 Å². The lowest BCUT2D eigenvalue weighted by Gasteiger charge is -2.25. The van der Waals surface area contributed by atoms with Gasteiger partial charge in [0, 0.05) is 12.1 Å². The number of phenols is 1. The molecule has 1 aliphatic rings. The predicted molar refractivity (Wildman–Crippen MR) is 118 cm³/mol. The molecule has 1 aliphatic heterocycles. The van der Waals surface area contributed by atoms with Crippen LogP contribution in [-0.2, 0) is 9.59 Å². The highest BCUT2D eigenvalue weighted by Crippen LogP contribution is 2.42. The molecule has 3 aromatic rings. The van der Waals surface area contributed by atoms with E-state index in [0.717, 1.165) is 10.8 Å². The van der Waals surface area contributed by atoms with Crippen LogP contribution in [0.4, 0.5) is 0 Å². The first-order valence-corrected chi connectivity index (χ1v) is 10.1. The SMILES string of the molecule is CCCN1C(=O)C(=O)/C(=C(\O)c2ccc3ccccc3c2)C1c1ccc(OC)c(O)c1. The molecule has 31 heavy (non-hydrogen) atoms. The van der Waals surface area contributed by atoms with E-state index in [4.69, 9.17) is 4.74 Å². The molecule has 4 rings (SSSR count). The van der Waals surface area contributed by atoms with Crippen molar-refractivity contribution in [3.8, 4) is 11.5 Å². The molecule has 0 aromatic heterocycles. The van der Waals surface area contributed by atoms with Crippen LogP contribution in [0.5, 0.6) is 11.5 Å². The Morgan fingerprint density at radius 2 is 1.77 bits per heavy atom. The molecule has 0 radical (unpaired) electrons. The highest BCUT2D eigenvalue weighted by molar-refractivity contribution is 6.46. The number of ether oxygens (including phenoxy) is 1. The zero-order valence-electron chi connectivity index (χ0n) is 17.3. The fourth-order valence-electron chi connectivity index (χ4n) is 4.07. The Morgan fingerprint density at radius 3 is 2.45 bits per heavy atom. The van der Waals surface area contributed by atoms with Gasteiger partial charge in [-0.05, 0) is 41.0 Å². The molecular weight excluding hydrogens is 394 g/mol. The van der Waals surface area contributed by atoms with E-state index < -0.39 is 17.7 Å². The molecule has 0 spiro atoms. The molecule has 6 heteroatoms. The normalized spacial score (nSPS) is 18.0. The lowest BCUT2D eigenvalue weighted by Crippen LogP contribution is -2.30. The smallest absolute Gasteiger partial charge is 0.295 e.